The van der Waals surface area contributed by atoms with Crippen LogP contribution in [0, 0.1) is 0 Å². The smallest absolute Gasteiger partial charge is 0.0785 e. The predicted octanol–water partition coefficient (Wildman–Crippen LogP) is 0.964. The van der Waals surface area contributed by atoms with Crippen molar-refractivity contribution in [1.82, 2.24) is 5.73 Å². The first-order valence-corrected chi connectivity index (χ1v) is 3.64. The van der Waals surface area contributed by atoms with Gasteiger partial charge in [0.25, 0.3) is 0 Å². The first kappa shape index (κ1) is 7.03. The van der Waals surface area contributed by atoms with E-state index in [-0.39, 0.29) is 6.54 Å². The van der Waals surface area contributed by atoms with Crippen molar-refractivity contribution in [2.45, 2.75) is 37.7 Å². The molecule has 1 rings (SSSR count). The van der Waals surface area contributed by atoms with Gasteiger partial charge in [-0.05, 0) is 12.8 Å². The molecular weight excluding hydrogens is 114 g/mol. The summed E-state index contributed by atoms with van der Waals surface area (Å²) in [7, 11) is 0. The van der Waals surface area contributed by atoms with Crippen molar-refractivity contribution in [2.75, 3.05) is 6.54 Å². The molecule has 1 saturated carbocycles. The maximum Gasteiger partial charge on any atom is 0.0785 e. The summed E-state index contributed by atoms with van der Waals surface area (Å²) in [5.74, 6) is 0. The zero-order chi connectivity index (χ0) is 6.74. The second-order valence-electron chi connectivity index (χ2n) is 2.96. The highest BCUT2D eigenvalue weighted by Gasteiger charge is 2.26. The van der Waals surface area contributed by atoms with Gasteiger partial charge in [0, 0.05) is 6.54 Å². The van der Waals surface area contributed by atoms with Crippen LogP contribution in [0.1, 0.15) is 32.1 Å². The molecular formula is C7H14NO. The lowest BCUT2D eigenvalue weighted by Crippen LogP contribution is -2.35. The minimum atomic E-state index is -0.613. The van der Waals surface area contributed by atoms with Crippen LogP contribution in [0.2, 0.25) is 0 Å². The highest BCUT2D eigenvalue weighted by Crippen LogP contribution is 2.26. The molecule has 0 aromatic heterocycles. The highest BCUT2D eigenvalue weighted by atomic mass is 16.3. The molecule has 1 aliphatic carbocycles. The van der Waals surface area contributed by atoms with Crippen LogP contribution in [-0.4, -0.2) is 17.3 Å². The Morgan fingerprint density at radius 2 is 1.78 bits per heavy atom. The van der Waals surface area contributed by atoms with Crippen molar-refractivity contribution in [2.24, 2.45) is 0 Å². The van der Waals surface area contributed by atoms with Gasteiger partial charge in [-0.2, -0.15) is 0 Å². The molecule has 2 N–H and O–H groups in total. The molecule has 2 heteroatoms. The summed E-state index contributed by atoms with van der Waals surface area (Å²) in [5.41, 5.74) is 6.43. The Labute approximate surface area is 56.1 Å². The van der Waals surface area contributed by atoms with Gasteiger partial charge in [-0.25, -0.2) is 0 Å². The largest absolute Gasteiger partial charge is 0.389 e. The van der Waals surface area contributed by atoms with Gasteiger partial charge < -0.3 is 5.11 Å². The molecule has 2 nitrogen and oxygen atoms in total. The van der Waals surface area contributed by atoms with E-state index in [2.05, 4.69) is 0 Å². The summed E-state index contributed by atoms with van der Waals surface area (Å²) < 4.78 is 0. The molecule has 0 unspecified atom stereocenters. The predicted molar refractivity (Wildman–Crippen MR) is 36.0 cm³/mol. The topological polar surface area (TPSA) is 44.0 Å². The first-order valence-electron chi connectivity index (χ1n) is 3.64. The summed E-state index contributed by atoms with van der Waals surface area (Å²) in [4.78, 5) is 0. The Bertz CT molecular complexity index is 86.9. The van der Waals surface area contributed by atoms with Gasteiger partial charge in [0.15, 0.2) is 0 Å². The zero-order valence-electron chi connectivity index (χ0n) is 5.69. The van der Waals surface area contributed by atoms with Crippen molar-refractivity contribution >= 4 is 0 Å². The summed E-state index contributed by atoms with van der Waals surface area (Å²) >= 11 is 0. The lowest BCUT2D eigenvalue weighted by atomic mass is 9.85. The number of rotatable bonds is 1. The molecule has 0 spiro atoms. The van der Waals surface area contributed by atoms with Gasteiger partial charge in [-0.1, -0.05) is 19.3 Å². The van der Waals surface area contributed by atoms with Crippen molar-refractivity contribution in [1.29, 1.82) is 0 Å². The van der Waals surface area contributed by atoms with E-state index in [1.807, 2.05) is 0 Å². The molecule has 0 heterocycles. The van der Waals surface area contributed by atoms with Gasteiger partial charge in [0.2, 0.25) is 0 Å². The zero-order valence-corrected chi connectivity index (χ0v) is 5.69. The molecule has 0 aromatic rings. The van der Waals surface area contributed by atoms with Gasteiger partial charge in [-0.3, -0.25) is 5.73 Å². The monoisotopic (exact) mass is 128 g/mol. The fourth-order valence-electron chi connectivity index (χ4n) is 1.39. The fourth-order valence-corrected chi connectivity index (χ4v) is 1.39. The summed E-state index contributed by atoms with van der Waals surface area (Å²) in [6, 6.07) is 0. The molecule has 0 bridgehead atoms. The van der Waals surface area contributed by atoms with Crippen LogP contribution in [0.4, 0.5) is 0 Å². The second-order valence-corrected chi connectivity index (χ2v) is 2.96. The number of hydrogen-bond donors (Lipinski definition) is 1. The van der Waals surface area contributed by atoms with Gasteiger partial charge in [-0.15, -0.1) is 0 Å². The summed E-state index contributed by atoms with van der Waals surface area (Å²) in [5, 5.41) is 9.49. The van der Waals surface area contributed by atoms with E-state index in [1.165, 1.54) is 6.42 Å². The lowest BCUT2D eigenvalue weighted by Gasteiger charge is -2.29. The Morgan fingerprint density at radius 1 is 1.22 bits per heavy atom. The Morgan fingerprint density at radius 3 is 2.11 bits per heavy atom. The van der Waals surface area contributed by atoms with Gasteiger partial charge in [0.1, 0.15) is 0 Å². The third-order valence-corrected chi connectivity index (χ3v) is 2.11. The van der Waals surface area contributed by atoms with Gasteiger partial charge in [0.05, 0.1) is 5.60 Å². The maximum absolute atomic E-state index is 9.49. The Balaban J connectivity index is 2.37. The van der Waals surface area contributed by atoms with E-state index < -0.39 is 5.60 Å². The van der Waals surface area contributed by atoms with E-state index >= 15 is 0 Å². The van der Waals surface area contributed by atoms with E-state index in [0.29, 0.717) is 0 Å². The van der Waals surface area contributed by atoms with E-state index in [1.54, 1.807) is 0 Å². The maximum atomic E-state index is 9.49. The van der Waals surface area contributed by atoms with Crippen molar-refractivity contribution in [3.05, 3.63) is 0 Å². The molecule has 0 aromatic carbocycles. The molecule has 53 valence electrons. The summed E-state index contributed by atoms with van der Waals surface area (Å²) in [6.07, 6.45) is 5.14. The van der Waals surface area contributed by atoms with Crippen molar-refractivity contribution in [3.63, 3.8) is 0 Å². The van der Waals surface area contributed by atoms with Crippen molar-refractivity contribution < 1.29 is 5.11 Å². The van der Waals surface area contributed by atoms with Crippen LogP contribution in [0.15, 0.2) is 0 Å². The molecule has 9 heavy (non-hydrogen) atoms. The molecule has 1 fully saturated rings. The minimum Gasteiger partial charge on any atom is -0.389 e. The second kappa shape index (κ2) is 2.67. The average Bonchev–Trinajstić information content (AvgIpc) is 1.90. The normalized spacial score (nSPS) is 26.0. The number of nitrogens with one attached hydrogen (secondary N) is 1. The van der Waals surface area contributed by atoms with Crippen LogP contribution in [0.3, 0.4) is 0 Å². The van der Waals surface area contributed by atoms with E-state index in [9.17, 15) is 5.11 Å². The average molecular weight is 128 g/mol. The molecule has 0 amide bonds. The number of hydrogen-bond acceptors (Lipinski definition) is 1. The van der Waals surface area contributed by atoms with Crippen LogP contribution in [-0.2, 0) is 0 Å². The van der Waals surface area contributed by atoms with Crippen molar-refractivity contribution in [3.8, 4) is 0 Å². The SMILES string of the molecule is [NH]CC1(O)CCCCC1. The lowest BCUT2D eigenvalue weighted by molar-refractivity contribution is 0.0113. The molecule has 0 saturated heterocycles. The van der Waals surface area contributed by atoms with E-state index in [4.69, 9.17) is 5.73 Å². The summed E-state index contributed by atoms with van der Waals surface area (Å²) in [6.45, 7) is 0.188. The standard InChI is InChI=1S/C7H14NO/c8-6-7(9)4-2-1-3-5-7/h8-9H,1-6H2. The Hall–Kier alpha value is -0.0800. The van der Waals surface area contributed by atoms with Crippen LogP contribution < -0.4 is 5.73 Å². The number of aliphatic hydroxyl groups is 1. The van der Waals surface area contributed by atoms with Crippen LogP contribution >= 0.6 is 0 Å². The van der Waals surface area contributed by atoms with Crippen LogP contribution in [0.25, 0.3) is 0 Å². The molecule has 1 aliphatic rings. The fraction of sp³-hybridized carbons (Fsp3) is 1.00. The van der Waals surface area contributed by atoms with Crippen LogP contribution in [0.5, 0.6) is 0 Å². The first-order chi connectivity index (χ1) is 4.27. The highest BCUT2D eigenvalue weighted by molar-refractivity contribution is 4.82. The Kier molecular flexibility index (Phi) is 2.09. The molecule has 0 atom stereocenters. The van der Waals surface area contributed by atoms with E-state index in [0.717, 1.165) is 25.7 Å². The third-order valence-electron chi connectivity index (χ3n) is 2.11. The molecule has 0 aliphatic heterocycles. The minimum absolute atomic E-state index is 0.188. The molecule has 1 radical (unpaired) electrons. The quantitative estimate of drug-likeness (QED) is 0.561. The third kappa shape index (κ3) is 1.66. The van der Waals surface area contributed by atoms with Gasteiger partial charge >= 0.3 is 0 Å².